The molecule has 0 saturated heterocycles. The van der Waals surface area contributed by atoms with Crippen molar-refractivity contribution in [3.05, 3.63) is 0 Å². The van der Waals surface area contributed by atoms with Gasteiger partial charge in [0.2, 0.25) is 5.91 Å². The Morgan fingerprint density at radius 1 is 1.00 bits per heavy atom. The molecule has 0 aliphatic heterocycles. The lowest BCUT2D eigenvalue weighted by Gasteiger charge is -2.34. The Balaban J connectivity index is 4.47. The number of amides is 1. The van der Waals surface area contributed by atoms with Crippen LogP contribution in [0.25, 0.3) is 0 Å². The Kier molecular flexibility index (Phi) is 9.24. The van der Waals surface area contributed by atoms with Gasteiger partial charge < -0.3 is 5.73 Å². The maximum atomic E-state index is 11.9. The Bertz CT molecular complexity index is 179. The van der Waals surface area contributed by atoms with E-state index in [1.165, 1.54) is 0 Å². The summed E-state index contributed by atoms with van der Waals surface area (Å²) >= 11 is 0. The molecule has 1 amide bonds. The van der Waals surface area contributed by atoms with E-state index in [4.69, 9.17) is 5.73 Å². The summed E-state index contributed by atoms with van der Waals surface area (Å²) in [4.78, 5) is 11.9. The average molecular weight is 229 g/mol. The molecule has 2 N–H and O–H groups in total. The van der Waals surface area contributed by atoms with Crippen LogP contribution < -0.4 is 5.73 Å². The number of nitrogens with two attached hydrogens (primary N) is 1. The highest BCUT2D eigenvalue weighted by molar-refractivity contribution is 5.75. The molecule has 96 valence electrons. The van der Waals surface area contributed by atoms with E-state index in [9.17, 15) is 4.79 Å². The zero-order valence-corrected chi connectivity index (χ0v) is 11.0. The maximum Gasteiger partial charge on any atom is 0.238 e. The molecule has 0 unspecified atom stereocenters. The van der Waals surface area contributed by atoms with Crippen LogP contribution in [0.1, 0.15) is 46.5 Å². The molecule has 16 heavy (non-hydrogen) atoms. The minimum atomic E-state index is 0.159. The van der Waals surface area contributed by atoms with E-state index in [1.54, 1.807) is 0 Å². The van der Waals surface area contributed by atoms with Gasteiger partial charge in [-0.25, -0.2) is 5.01 Å². The Morgan fingerprint density at radius 3 is 1.88 bits per heavy atom. The topological polar surface area (TPSA) is 49.6 Å². The second-order valence-electron chi connectivity index (χ2n) is 4.01. The van der Waals surface area contributed by atoms with Gasteiger partial charge in [-0.3, -0.25) is 9.80 Å². The number of rotatable bonds is 9. The lowest BCUT2D eigenvalue weighted by molar-refractivity contribution is -0.149. The van der Waals surface area contributed by atoms with Crippen molar-refractivity contribution >= 4 is 5.91 Å². The summed E-state index contributed by atoms with van der Waals surface area (Å²) in [5.74, 6) is 0.159. The van der Waals surface area contributed by atoms with Gasteiger partial charge in [0.05, 0.1) is 0 Å². The maximum absolute atomic E-state index is 11.9. The molecule has 0 atom stereocenters. The molecule has 0 aromatic heterocycles. The van der Waals surface area contributed by atoms with Gasteiger partial charge in [-0.2, -0.15) is 0 Å². The van der Waals surface area contributed by atoms with Crippen molar-refractivity contribution in [3.8, 4) is 0 Å². The molecule has 4 nitrogen and oxygen atoms in total. The fraction of sp³-hybridized carbons (Fsp3) is 0.917. The molecular weight excluding hydrogens is 202 g/mol. The van der Waals surface area contributed by atoms with Crippen LogP contribution in [0.2, 0.25) is 0 Å². The first-order chi connectivity index (χ1) is 7.71. The second-order valence-corrected chi connectivity index (χ2v) is 4.01. The molecule has 0 aromatic rings. The quantitative estimate of drug-likeness (QED) is 0.611. The summed E-state index contributed by atoms with van der Waals surface area (Å²) in [6.07, 6.45) is 3.57. The van der Waals surface area contributed by atoms with Gasteiger partial charge in [0.1, 0.15) is 0 Å². The molecule has 0 rings (SSSR count). The van der Waals surface area contributed by atoms with E-state index < -0.39 is 0 Å². The SMILES string of the molecule is CCCN(CCC)N(CCC)C(=O)CCN. The van der Waals surface area contributed by atoms with E-state index in [2.05, 4.69) is 25.8 Å². The van der Waals surface area contributed by atoms with Gasteiger partial charge >= 0.3 is 0 Å². The molecule has 0 saturated carbocycles. The lowest BCUT2D eigenvalue weighted by Crippen LogP contribution is -2.48. The summed E-state index contributed by atoms with van der Waals surface area (Å²) in [5.41, 5.74) is 5.45. The van der Waals surface area contributed by atoms with E-state index in [-0.39, 0.29) is 5.91 Å². The van der Waals surface area contributed by atoms with Gasteiger partial charge in [0.15, 0.2) is 0 Å². The van der Waals surface area contributed by atoms with E-state index >= 15 is 0 Å². The third-order valence-electron chi connectivity index (χ3n) is 2.39. The number of hydrogen-bond donors (Lipinski definition) is 1. The molecule has 0 fully saturated rings. The number of carbonyl (C=O) groups is 1. The summed E-state index contributed by atoms with van der Waals surface area (Å²) < 4.78 is 0. The fourth-order valence-corrected chi connectivity index (χ4v) is 1.76. The van der Waals surface area contributed by atoms with E-state index in [1.807, 2.05) is 5.01 Å². The summed E-state index contributed by atoms with van der Waals surface area (Å²) in [6, 6.07) is 0. The van der Waals surface area contributed by atoms with Crippen molar-refractivity contribution in [1.29, 1.82) is 0 Å². The van der Waals surface area contributed by atoms with Crippen LogP contribution >= 0.6 is 0 Å². The largest absolute Gasteiger partial charge is 0.330 e. The smallest absolute Gasteiger partial charge is 0.238 e. The van der Waals surface area contributed by atoms with Crippen LogP contribution in [0.3, 0.4) is 0 Å². The first kappa shape index (κ1) is 15.4. The first-order valence-electron chi connectivity index (χ1n) is 6.46. The Morgan fingerprint density at radius 2 is 1.50 bits per heavy atom. The highest BCUT2D eigenvalue weighted by atomic mass is 16.2. The summed E-state index contributed by atoms with van der Waals surface area (Å²) in [5, 5.41) is 4.06. The summed E-state index contributed by atoms with van der Waals surface area (Å²) in [7, 11) is 0. The molecule has 0 heterocycles. The average Bonchev–Trinajstić information content (AvgIpc) is 2.26. The molecule has 0 aliphatic rings. The Hall–Kier alpha value is -0.610. The first-order valence-corrected chi connectivity index (χ1v) is 6.46. The molecule has 0 aromatic carbocycles. The molecule has 0 radical (unpaired) electrons. The monoisotopic (exact) mass is 229 g/mol. The van der Waals surface area contributed by atoms with Crippen LogP contribution in [0.15, 0.2) is 0 Å². The van der Waals surface area contributed by atoms with Gasteiger partial charge in [-0.05, 0) is 19.3 Å². The van der Waals surface area contributed by atoms with Crippen LogP contribution in [0.5, 0.6) is 0 Å². The number of hydrazine groups is 1. The van der Waals surface area contributed by atoms with Crippen molar-refractivity contribution in [2.75, 3.05) is 26.2 Å². The zero-order valence-electron chi connectivity index (χ0n) is 11.0. The van der Waals surface area contributed by atoms with Gasteiger partial charge in [-0.1, -0.05) is 20.8 Å². The van der Waals surface area contributed by atoms with Crippen LogP contribution in [0.4, 0.5) is 0 Å². The molecule has 0 aliphatic carbocycles. The van der Waals surface area contributed by atoms with E-state index in [0.29, 0.717) is 13.0 Å². The molecular formula is C12H27N3O. The van der Waals surface area contributed by atoms with Crippen molar-refractivity contribution in [2.24, 2.45) is 5.73 Å². The van der Waals surface area contributed by atoms with Gasteiger partial charge in [0.25, 0.3) is 0 Å². The minimum absolute atomic E-state index is 0.159. The number of carbonyl (C=O) groups excluding carboxylic acids is 1. The predicted molar refractivity (Wildman–Crippen MR) is 67.8 cm³/mol. The van der Waals surface area contributed by atoms with Crippen LogP contribution in [0, 0.1) is 0 Å². The standard InChI is InChI=1S/C12H27N3O/c1-4-9-14(10-5-2)15(11-6-3)12(16)7-8-13/h4-11,13H2,1-3H3. The second kappa shape index (κ2) is 9.60. The third kappa shape index (κ3) is 5.47. The van der Waals surface area contributed by atoms with Crippen molar-refractivity contribution in [3.63, 3.8) is 0 Å². The summed E-state index contributed by atoms with van der Waals surface area (Å²) in [6.45, 7) is 9.51. The van der Waals surface area contributed by atoms with Crippen molar-refractivity contribution in [2.45, 2.75) is 46.5 Å². The van der Waals surface area contributed by atoms with Gasteiger partial charge in [0, 0.05) is 32.6 Å². The fourth-order valence-electron chi connectivity index (χ4n) is 1.76. The number of hydrogen-bond acceptors (Lipinski definition) is 3. The Labute approximate surface area is 99.7 Å². The van der Waals surface area contributed by atoms with E-state index in [0.717, 1.165) is 38.9 Å². The van der Waals surface area contributed by atoms with Crippen LogP contribution in [-0.2, 0) is 4.79 Å². The predicted octanol–water partition coefficient (Wildman–Crippen LogP) is 1.61. The lowest BCUT2D eigenvalue weighted by atomic mass is 10.3. The highest BCUT2D eigenvalue weighted by Gasteiger charge is 2.18. The molecule has 0 spiro atoms. The normalized spacial score (nSPS) is 10.8. The highest BCUT2D eigenvalue weighted by Crippen LogP contribution is 2.05. The minimum Gasteiger partial charge on any atom is -0.330 e. The van der Waals surface area contributed by atoms with Crippen molar-refractivity contribution < 1.29 is 4.79 Å². The third-order valence-corrected chi connectivity index (χ3v) is 2.39. The zero-order chi connectivity index (χ0) is 12.4. The molecule has 0 bridgehead atoms. The van der Waals surface area contributed by atoms with Crippen LogP contribution in [-0.4, -0.2) is 42.1 Å². The van der Waals surface area contributed by atoms with Crippen molar-refractivity contribution in [1.82, 2.24) is 10.0 Å². The number of nitrogens with zero attached hydrogens (tertiary/aromatic N) is 2. The van der Waals surface area contributed by atoms with Gasteiger partial charge in [-0.15, -0.1) is 0 Å². The molecule has 4 heteroatoms.